The van der Waals surface area contributed by atoms with Crippen molar-refractivity contribution in [2.75, 3.05) is 31.9 Å². The fraction of sp³-hybridized carbons (Fsp3) is 0.385. The van der Waals surface area contributed by atoms with E-state index in [1.54, 1.807) is 34.9 Å². The molecule has 0 aromatic heterocycles. The number of carbonyl (C=O) groups is 2. The van der Waals surface area contributed by atoms with Crippen LogP contribution in [0.4, 0.5) is 5.69 Å². The first-order chi connectivity index (χ1) is 8.99. The predicted molar refractivity (Wildman–Crippen MR) is 76.7 cm³/mol. The summed E-state index contributed by atoms with van der Waals surface area (Å²) in [5.74, 6) is -0.0246. The number of benzene rings is 1. The topological polar surface area (TPSA) is 66.6 Å². The van der Waals surface area contributed by atoms with Gasteiger partial charge in [0.25, 0.3) is 5.91 Å². The third-order valence-electron chi connectivity index (χ3n) is 3.26. The number of hydrogen-bond donors (Lipinski definition) is 1. The molecule has 102 valence electrons. The summed E-state index contributed by atoms with van der Waals surface area (Å²) in [7, 11) is 0. The summed E-state index contributed by atoms with van der Waals surface area (Å²) in [6.45, 7) is 3.81. The van der Waals surface area contributed by atoms with E-state index in [-0.39, 0.29) is 11.8 Å². The Morgan fingerprint density at radius 3 is 2.26 bits per heavy atom. The van der Waals surface area contributed by atoms with Gasteiger partial charge in [-0.2, -0.15) is 0 Å². The quantitative estimate of drug-likeness (QED) is 0.792. The molecule has 0 aliphatic carbocycles. The lowest BCUT2D eigenvalue weighted by atomic mass is 10.1. The fourth-order valence-corrected chi connectivity index (χ4v) is 2.50. The lowest BCUT2D eigenvalue weighted by Gasteiger charge is -2.34. The predicted octanol–water partition coefficient (Wildman–Crippen LogP) is 1.34. The third-order valence-corrected chi connectivity index (χ3v) is 3.75. The Morgan fingerprint density at radius 2 is 1.74 bits per heavy atom. The number of nitrogens with zero attached hydrogens (tertiary/aromatic N) is 2. The van der Waals surface area contributed by atoms with Gasteiger partial charge in [0.05, 0.1) is 5.56 Å². The molecule has 1 saturated heterocycles. The lowest BCUT2D eigenvalue weighted by Crippen LogP contribution is -2.50. The Kier molecular flexibility index (Phi) is 4.09. The van der Waals surface area contributed by atoms with Gasteiger partial charge in [0.15, 0.2) is 0 Å². The van der Waals surface area contributed by atoms with Crippen LogP contribution in [0, 0.1) is 0 Å². The second kappa shape index (κ2) is 5.61. The molecule has 1 aromatic carbocycles. The van der Waals surface area contributed by atoms with E-state index in [2.05, 4.69) is 15.9 Å². The van der Waals surface area contributed by atoms with E-state index in [0.29, 0.717) is 37.4 Å². The van der Waals surface area contributed by atoms with Crippen LogP contribution in [0.1, 0.15) is 17.3 Å². The summed E-state index contributed by atoms with van der Waals surface area (Å²) in [5, 5.41) is 0. The van der Waals surface area contributed by atoms with Crippen molar-refractivity contribution in [3.63, 3.8) is 0 Å². The van der Waals surface area contributed by atoms with Crippen LogP contribution in [0.25, 0.3) is 0 Å². The standard InChI is InChI=1S/C13H16BrN3O2/c1-9(18)16-4-6-17(7-5-16)13(19)11-3-2-10(14)8-12(11)15/h2-3,8H,4-7,15H2,1H3. The molecule has 5 nitrogen and oxygen atoms in total. The Bertz CT molecular complexity index is 511. The van der Waals surface area contributed by atoms with Crippen molar-refractivity contribution in [2.24, 2.45) is 0 Å². The first-order valence-electron chi connectivity index (χ1n) is 6.09. The Morgan fingerprint density at radius 1 is 1.16 bits per heavy atom. The number of halogens is 1. The van der Waals surface area contributed by atoms with E-state index in [9.17, 15) is 9.59 Å². The maximum absolute atomic E-state index is 12.3. The molecular weight excluding hydrogens is 310 g/mol. The number of nitrogen functional groups attached to an aromatic ring is 1. The van der Waals surface area contributed by atoms with Crippen molar-refractivity contribution in [2.45, 2.75) is 6.92 Å². The second-order valence-electron chi connectivity index (χ2n) is 4.53. The summed E-state index contributed by atoms with van der Waals surface area (Å²) in [6, 6.07) is 5.24. The zero-order chi connectivity index (χ0) is 14.0. The van der Waals surface area contributed by atoms with Crippen LogP contribution in [0.2, 0.25) is 0 Å². The van der Waals surface area contributed by atoms with Crippen LogP contribution in [0.3, 0.4) is 0 Å². The summed E-state index contributed by atoms with van der Waals surface area (Å²) in [6.07, 6.45) is 0. The third kappa shape index (κ3) is 3.07. The minimum absolute atomic E-state index is 0.0512. The Balaban J connectivity index is 2.07. The van der Waals surface area contributed by atoms with Crippen molar-refractivity contribution in [1.82, 2.24) is 9.80 Å². The number of hydrogen-bond acceptors (Lipinski definition) is 3. The van der Waals surface area contributed by atoms with Crippen LogP contribution in [0.5, 0.6) is 0 Å². The largest absolute Gasteiger partial charge is 0.398 e. The SMILES string of the molecule is CC(=O)N1CCN(C(=O)c2ccc(Br)cc2N)CC1. The van der Waals surface area contributed by atoms with Gasteiger partial charge >= 0.3 is 0 Å². The molecule has 1 fully saturated rings. The minimum atomic E-state index is -0.0757. The van der Waals surface area contributed by atoms with Gasteiger partial charge in [0, 0.05) is 43.3 Å². The monoisotopic (exact) mass is 325 g/mol. The Labute approximate surface area is 120 Å². The number of carbonyl (C=O) groups excluding carboxylic acids is 2. The maximum Gasteiger partial charge on any atom is 0.256 e. The molecule has 0 saturated carbocycles. The normalized spacial score (nSPS) is 15.5. The van der Waals surface area contributed by atoms with Gasteiger partial charge in [0.1, 0.15) is 0 Å². The van der Waals surface area contributed by atoms with Crippen molar-refractivity contribution >= 4 is 33.4 Å². The number of rotatable bonds is 1. The first kappa shape index (κ1) is 13.9. The fourth-order valence-electron chi connectivity index (χ4n) is 2.12. The van der Waals surface area contributed by atoms with Crippen molar-refractivity contribution < 1.29 is 9.59 Å². The summed E-state index contributed by atoms with van der Waals surface area (Å²) < 4.78 is 0.850. The molecule has 1 aliphatic rings. The van der Waals surface area contributed by atoms with Gasteiger partial charge in [-0.25, -0.2) is 0 Å². The van der Waals surface area contributed by atoms with E-state index < -0.39 is 0 Å². The highest BCUT2D eigenvalue weighted by Crippen LogP contribution is 2.20. The highest BCUT2D eigenvalue weighted by atomic mass is 79.9. The molecule has 0 radical (unpaired) electrons. The number of piperazine rings is 1. The maximum atomic E-state index is 12.3. The van der Waals surface area contributed by atoms with Gasteiger partial charge in [0.2, 0.25) is 5.91 Å². The van der Waals surface area contributed by atoms with E-state index >= 15 is 0 Å². The molecule has 2 rings (SSSR count). The molecule has 19 heavy (non-hydrogen) atoms. The summed E-state index contributed by atoms with van der Waals surface area (Å²) >= 11 is 3.32. The lowest BCUT2D eigenvalue weighted by molar-refractivity contribution is -0.130. The average Bonchev–Trinajstić information content (AvgIpc) is 2.38. The van der Waals surface area contributed by atoms with Gasteiger partial charge < -0.3 is 15.5 Å². The molecule has 0 unspecified atom stereocenters. The molecule has 0 spiro atoms. The molecule has 2 amide bonds. The molecule has 1 aliphatic heterocycles. The average molecular weight is 326 g/mol. The van der Waals surface area contributed by atoms with Crippen molar-refractivity contribution in [3.05, 3.63) is 28.2 Å². The van der Waals surface area contributed by atoms with E-state index in [0.717, 1.165) is 4.47 Å². The van der Waals surface area contributed by atoms with Crippen molar-refractivity contribution in [3.8, 4) is 0 Å². The minimum Gasteiger partial charge on any atom is -0.398 e. The van der Waals surface area contributed by atoms with Gasteiger partial charge in [-0.15, -0.1) is 0 Å². The van der Waals surface area contributed by atoms with Crippen LogP contribution < -0.4 is 5.73 Å². The molecule has 6 heteroatoms. The van der Waals surface area contributed by atoms with Crippen LogP contribution in [-0.2, 0) is 4.79 Å². The molecular formula is C13H16BrN3O2. The molecule has 1 heterocycles. The zero-order valence-electron chi connectivity index (χ0n) is 10.7. The van der Waals surface area contributed by atoms with E-state index in [1.165, 1.54) is 0 Å². The number of nitrogens with two attached hydrogens (primary N) is 1. The van der Waals surface area contributed by atoms with Crippen molar-refractivity contribution in [1.29, 1.82) is 0 Å². The Hall–Kier alpha value is -1.56. The van der Waals surface area contributed by atoms with Crippen LogP contribution >= 0.6 is 15.9 Å². The van der Waals surface area contributed by atoms with E-state index in [1.807, 2.05) is 0 Å². The van der Waals surface area contributed by atoms with E-state index in [4.69, 9.17) is 5.73 Å². The summed E-state index contributed by atoms with van der Waals surface area (Å²) in [5.41, 5.74) is 6.84. The number of amides is 2. The van der Waals surface area contributed by atoms with Gasteiger partial charge in [-0.3, -0.25) is 9.59 Å². The first-order valence-corrected chi connectivity index (χ1v) is 6.88. The number of anilines is 1. The van der Waals surface area contributed by atoms with Gasteiger partial charge in [-0.1, -0.05) is 15.9 Å². The smallest absolute Gasteiger partial charge is 0.256 e. The molecule has 0 bridgehead atoms. The van der Waals surface area contributed by atoms with Gasteiger partial charge in [-0.05, 0) is 18.2 Å². The molecule has 1 aromatic rings. The zero-order valence-corrected chi connectivity index (χ0v) is 12.3. The molecule has 2 N–H and O–H groups in total. The highest BCUT2D eigenvalue weighted by Gasteiger charge is 2.24. The van der Waals surface area contributed by atoms with Crippen LogP contribution in [-0.4, -0.2) is 47.8 Å². The second-order valence-corrected chi connectivity index (χ2v) is 5.45. The van der Waals surface area contributed by atoms with Crippen LogP contribution in [0.15, 0.2) is 22.7 Å². The summed E-state index contributed by atoms with van der Waals surface area (Å²) in [4.78, 5) is 27.0. The highest BCUT2D eigenvalue weighted by molar-refractivity contribution is 9.10. The molecule has 0 atom stereocenters.